The first kappa shape index (κ1) is 28.2. The lowest BCUT2D eigenvalue weighted by atomic mass is 9.76. The zero-order chi connectivity index (χ0) is 25.7. The predicted octanol–water partition coefficient (Wildman–Crippen LogP) is 5.53. The molecule has 1 aliphatic rings. The van der Waals surface area contributed by atoms with Gasteiger partial charge in [0.1, 0.15) is 23.9 Å². The van der Waals surface area contributed by atoms with Gasteiger partial charge < -0.3 is 24.8 Å². The van der Waals surface area contributed by atoms with Crippen molar-refractivity contribution < 1.29 is 24.8 Å². The third kappa shape index (κ3) is 6.53. The maximum atomic E-state index is 10.7. The number of rotatable bonds is 12. The van der Waals surface area contributed by atoms with E-state index in [-0.39, 0.29) is 36.2 Å². The molecule has 7 unspecified atom stereocenters. The van der Waals surface area contributed by atoms with Crippen LogP contribution >= 0.6 is 0 Å². The Labute approximate surface area is 205 Å². The van der Waals surface area contributed by atoms with E-state index in [0.717, 1.165) is 39.5 Å². The van der Waals surface area contributed by atoms with Gasteiger partial charge in [-0.1, -0.05) is 59.1 Å². The molecule has 0 bridgehead atoms. The van der Waals surface area contributed by atoms with E-state index in [1.807, 2.05) is 26.8 Å². The standard InChI is InChI=1S/C29H44O5/c1-16(2)15-33-27-11-10-24-20(6)25(23(9)34-29(24)22(27)8)12-17(3)18(4)13-26(31)21(7)28(32)19(5)14-30/h10-11,18-21,25-26,28,30-32H,1,3,9,12-15H2,2,4-8H3. The van der Waals surface area contributed by atoms with Crippen LogP contribution in [-0.4, -0.2) is 40.7 Å². The Hall–Kier alpha value is -2.08. The second-order valence-corrected chi connectivity index (χ2v) is 10.4. The molecule has 1 aromatic rings. The van der Waals surface area contributed by atoms with Gasteiger partial charge in [-0.2, -0.15) is 0 Å². The van der Waals surface area contributed by atoms with Gasteiger partial charge in [0.05, 0.1) is 12.2 Å². The molecule has 0 radical (unpaired) electrons. The summed E-state index contributed by atoms with van der Waals surface area (Å²) in [7, 11) is 0. The highest BCUT2D eigenvalue weighted by atomic mass is 16.5. The van der Waals surface area contributed by atoms with Crippen LogP contribution in [-0.2, 0) is 0 Å². The number of fused-ring (bicyclic) bond motifs is 1. The van der Waals surface area contributed by atoms with Gasteiger partial charge in [-0.15, -0.1) is 0 Å². The third-order valence-corrected chi connectivity index (χ3v) is 7.39. The number of benzene rings is 1. The summed E-state index contributed by atoms with van der Waals surface area (Å²) in [5.74, 6) is 2.07. The molecule has 1 aliphatic heterocycles. The molecule has 34 heavy (non-hydrogen) atoms. The summed E-state index contributed by atoms with van der Waals surface area (Å²) in [4.78, 5) is 0. The van der Waals surface area contributed by atoms with Crippen LogP contribution in [0.1, 0.15) is 64.5 Å². The molecule has 0 spiro atoms. The fraction of sp³-hybridized carbons (Fsp3) is 0.586. The molecule has 2 rings (SSSR count). The lowest BCUT2D eigenvalue weighted by Gasteiger charge is -2.35. The van der Waals surface area contributed by atoms with Gasteiger partial charge in [0.25, 0.3) is 0 Å². The largest absolute Gasteiger partial charge is 0.489 e. The molecule has 5 heteroatoms. The van der Waals surface area contributed by atoms with Gasteiger partial charge in [-0.3, -0.25) is 0 Å². The molecule has 0 aromatic heterocycles. The molecule has 0 aliphatic carbocycles. The topological polar surface area (TPSA) is 79.2 Å². The smallest absolute Gasteiger partial charge is 0.137 e. The van der Waals surface area contributed by atoms with Gasteiger partial charge in [-0.05, 0) is 55.7 Å². The monoisotopic (exact) mass is 472 g/mol. The number of aliphatic hydroxyl groups is 3. The second-order valence-electron chi connectivity index (χ2n) is 10.4. The van der Waals surface area contributed by atoms with Crippen LogP contribution in [0.5, 0.6) is 11.5 Å². The molecular formula is C29H44O5. The molecule has 1 heterocycles. The molecular weight excluding hydrogens is 428 g/mol. The Morgan fingerprint density at radius 2 is 1.82 bits per heavy atom. The van der Waals surface area contributed by atoms with Crippen molar-refractivity contribution in [1.82, 2.24) is 0 Å². The highest BCUT2D eigenvalue weighted by Gasteiger charge is 2.34. The minimum atomic E-state index is -0.754. The molecule has 190 valence electrons. The highest BCUT2D eigenvalue weighted by molar-refractivity contribution is 5.53. The van der Waals surface area contributed by atoms with E-state index in [4.69, 9.17) is 9.47 Å². The normalized spacial score (nSPS) is 22.1. The Morgan fingerprint density at radius 1 is 1.18 bits per heavy atom. The van der Waals surface area contributed by atoms with Crippen LogP contribution in [0.25, 0.3) is 0 Å². The van der Waals surface area contributed by atoms with Crippen molar-refractivity contribution in [3.8, 4) is 11.5 Å². The average Bonchev–Trinajstić information content (AvgIpc) is 2.79. The quantitative estimate of drug-likeness (QED) is 0.348. The zero-order valence-corrected chi connectivity index (χ0v) is 21.8. The molecule has 0 amide bonds. The van der Waals surface area contributed by atoms with Gasteiger partial charge in [0, 0.05) is 29.9 Å². The maximum absolute atomic E-state index is 10.7. The van der Waals surface area contributed by atoms with E-state index in [0.29, 0.717) is 19.4 Å². The van der Waals surface area contributed by atoms with Gasteiger partial charge in [-0.25, -0.2) is 0 Å². The minimum absolute atomic E-state index is 0.0649. The highest BCUT2D eigenvalue weighted by Crippen LogP contribution is 2.47. The SMILES string of the molecule is C=C(C)COc1ccc2c(c1C)OC(=C)C(CC(=C)C(C)CC(O)C(C)C(O)C(C)CO)C2C. The van der Waals surface area contributed by atoms with Gasteiger partial charge in [0.2, 0.25) is 0 Å². The van der Waals surface area contributed by atoms with E-state index in [2.05, 4.69) is 39.7 Å². The van der Waals surface area contributed by atoms with Crippen molar-refractivity contribution in [3.63, 3.8) is 0 Å². The Bertz CT molecular complexity index is 889. The lowest BCUT2D eigenvalue weighted by molar-refractivity contribution is -0.0251. The van der Waals surface area contributed by atoms with Crippen molar-refractivity contribution in [3.05, 3.63) is 59.9 Å². The summed E-state index contributed by atoms with van der Waals surface area (Å²) in [6.45, 7) is 24.6. The van der Waals surface area contributed by atoms with Crippen molar-refractivity contribution in [2.45, 2.75) is 72.5 Å². The first-order valence-electron chi connectivity index (χ1n) is 12.3. The Morgan fingerprint density at radius 3 is 2.41 bits per heavy atom. The van der Waals surface area contributed by atoms with E-state index in [9.17, 15) is 15.3 Å². The van der Waals surface area contributed by atoms with Crippen molar-refractivity contribution in [2.75, 3.05) is 13.2 Å². The summed E-state index contributed by atoms with van der Waals surface area (Å²) in [6, 6.07) is 4.07. The number of hydrogen-bond donors (Lipinski definition) is 3. The van der Waals surface area contributed by atoms with Crippen LogP contribution in [0.3, 0.4) is 0 Å². The molecule has 3 N–H and O–H groups in total. The molecule has 0 saturated heterocycles. The zero-order valence-electron chi connectivity index (χ0n) is 21.8. The van der Waals surface area contributed by atoms with Crippen molar-refractivity contribution >= 4 is 0 Å². The average molecular weight is 473 g/mol. The first-order chi connectivity index (χ1) is 15.9. The molecule has 0 saturated carbocycles. The van der Waals surface area contributed by atoms with Crippen LogP contribution in [0.2, 0.25) is 0 Å². The molecule has 1 aromatic carbocycles. The van der Waals surface area contributed by atoms with E-state index >= 15 is 0 Å². The van der Waals surface area contributed by atoms with Gasteiger partial charge in [0.15, 0.2) is 0 Å². The number of ether oxygens (including phenoxy) is 2. The summed E-state index contributed by atoms with van der Waals surface area (Å²) < 4.78 is 12.1. The van der Waals surface area contributed by atoms with Crippen molar-refractivity contribution in [1.29, 1.82) is 0 Å². The third-order valence-electron chi connectivity index (χ3n) is 7.39. The molecule has 0 fully saturated rings. The summed E-state index contributed by atoms with van der Waals surface area (Å²) >= 11 is 0. The minimum Gasteiger partial charge on any atom is -0.489 e. The number of allylic oxidation sites excluding steroid dienone is 2. The molecule has 7 atom stereocenters. The fourth-order valence-corrected chi connectivity index (χ4v) is 4.62. The number of hydrogen-bond acceptors (Lipinski definition) is 5. The van der Waals surface area contributed by atoms with Crippen LogP contribution in [0.15, 0.2) is 48.8 Å². The maximum Gasteiger partial charge on any atom is 0.137 e. The van der Waals surface area contributed by atoms with E-state index in [1.54, 1.807) is 6.92 Å². The Balaban J connectivity index is 2.07. The summed E-state index contributed by atoms with van der Waals surface area (Å²) in [5, 5.41) is 30.3. The predicted molar refractivity (Wildman–Crippen MR) is 138 cm³/mol. The summed E-state index contributed by atoms with van der Waals surface area (Å²) in [5.41, 5.74) is 4.08. The number of aliphatic hydroxyl groups excluding tert-OH is 3. The van der Waals surface area contributed by atoms with E-state index in [1.165, 1.54) is 0 Å². The van der Waals surface area contributed by atoms with E-state index < -0.39 is 12.2 Å². The van der Waals surface area contributed by atoms with Crippen LogP contribution in [0.4, 0.5) is 0 Å². The second kappa shape index (κ2) is 12.1. The first-order valence-corrected chi connectivity index (χ1v) is 12.3. The lowest BCUT2D eigenvalue weighted by Crippen LogP contribution is -2.36. The summed E-state index contributed by atoms with van der Waals surface area (Å²) in [6.07, 6.45) is -0.219. The van der Waals surface area contributed by atoms with Crippen LogP contribution < -0.4 is 9.47 Å². The molecule has 5 nitrogen and oxygen atoms in total. The Kier molecular flexibility index (Phi) is 9.98. The fourth-order valence-electron chi connectivity index (χ4n) is 4.62. The van der Waals surface area contributed by atoms with Crippen molar-refractivity contribution in [2.24, 2.45) is 23.7 Å². The van der Waals surface area contributed by atoms with Crippen LogP contribution in [0, 0.1) is 30.6 Å². The van der Waals surface area contributed by atoms with Gasteiger partial charge >= 0.3 is 0 Å².